The van der Waals surface area contributed by atoms with E-state index in [1.54, 1.807) is 51.1 Å². The first-order valence-corrected chi connectivity index (χ1v) is 8.40. The molecule has 0 aliphatic carbocycles. The highest BCUT2D eigenvalue weighted by Crippen LogP contribution is 2.34. The number of benzene rings is 1. The summed E-state index contributed by atoms with van der Waals surface area (Å²) in [5.74, 6) is -1.06. The number of fused-ring (bicyclic) bond motifs is 1. The highest BCUT2D eigenvalue weighted by atomic mass is 16.6. The third-order valence-electron chi connectivity index (χ3n) is 4.21. The fourth-order valence-electron chi connectivity index (χ4n) is 3.11. The second-order valence-corrected chi connectivity index (χ2v) is 7.26. The summed E-state index contributed by atoms with van der Waals surface area (Å²) in [6.45, 7) is 5.35. The Bertz CT molecular complexity index is 734. The van der Waals surface area contributed by atoms with Gasteiger partial charge in [-0.05, 0) is 45.7 Å². The number of hydrogen-bond acceptors (Lipinski definition) is 4. The summed E-state index contributed by atoms with van der Waals surface area (Å²) >= 11 is 0. The van der Waals surface area contributed by atoms with Crippen LogP contribution in [0.1, 0.15) is 44.0 Å². The van der Waals surface area contributed by atoms with Crippen molar-refractivity contribution in [2.24, 2.45) is 0 Å². The zero-order valence-corrected chi connectivity index (χ0v) is 14.6. The largest absolute Gasteiger partial charge is 0.455 e. The molecule has 2 heterocycles. The number of carbonyl (C=O) groups excluding carboxylic acids is 3. The maximum atomic E-state index is 12.5. The Morgan fingerprint density at radius 2 is 1.88 bits per heavy atom. The van der Waals surface area contributed by atoms with Crippen LogP contribution in [0.15, 0.2) is 42.1 Å². The monoisotopic (exact) mass is 342 g/mol. The number of amides is 2. The van der Waals surface area contributed by atoms with Crippen molar-refractivity contribution in [1.29, 1.82) is 0 Å². The fraction of sp³-hybridized carbons (Fsp3) is 0.421. The van der Waals surface area contributed by atoms with Gasteiger partial charge in [-0.15, -0.1) is 0 Å². The Hall–Kier alpha value is -2.63. The van der Waals surface area contributed by atoms with E-state index in [1.165, 1.54) is 4.90 Å². The molecule has 2 amide bonds. The van der Waals surface area contributed by atoms with E-state index in [9.17, 15) is 14.4 Å². The van der Waals surface area contributed by atoms with Crippen LogP contribution in [-0.4, -0.2) is 40.4 Å². The average Bonchev–Trinajstić information content (AvgIpc) is 2.57. The molecule has 0 bridgehead atoms. The molecule has 3 rings (SSSR count). The van der Waals surface area contributed by atoms with Crippen molar-refractivity contribution in [3.05, 3.63) is 47.7 Å². The van der Waals surface area contributed by atoms with Gasteiger partial charge in [0.15, 0.2) is 0 Å². The molecular formula is C19H22N2O4. The van der Waals surface area contributed by atoms with Crippen molar-refractivity contribution in [2.75, 3.05) is 0 Å². The summed E-state index contributed by atoms with van der Waals surface area (Å²) in [5, 5.41) is 2.78. The van der Waals surface area contributed by atoms with E-state index in [4.69, 9.17) is 4.74 Å². The molecule has 1 fully saturated rings. The van der Waals surface area contributed by atoms with Crippen LogP contribution in [0.25, 0.3) is 0 Å². The highest BCUT2D eigenvalue weighted by molar-refractivity contribution is 6.04. The van der Waals surface area contributed by atoms with Gasteiger partial charge in [-0.2, -0.15) is 0 Å². The van der Waals surface area contributed by atoms with Gasteiger partial charge >= 0.3 is 5.97 Å². The van der Waals surface area contributed by atoms with Crippen LogP contribution in [0.5, 0.6) is 0 Å². The van der Waals surface area contributed by atoms with E-state index >= 15 is 0 Å². The van der Waals surface area contributed by atoms with Crippen molar-refractivity contribution in [3.8, 4) is 0 Å². The summed E-state index contributed by atoms with van der Waals surface area (Å²) in [4.78, 5) is 38.6. The van der Waals surface area contributed by atoms with Crippen LogP contribution in [0, 0.1) is 0 Å². The Balaban J connectivity index is 1.69. The molecule has 2 aliphatic heterocycles. The number of rotatable bonds is 3. The molecule has 2 aliphatic rings. The summed E-state index contributed by atoms with van der Waals surface area (Å²) in [6, 6.07) is 7.96. The van der Waals surface area contributed by atoms with Gasteiger partial charge in [-0.3, -0.25) is 14.5 Å². The molecule has 0 aromatic heterocycles. The summed E-state index contributed by atoms with van der Waals surface area (Å²) in [5.41, 5.74) is 0.161. The Morgan fingerprint density at radius 1 is 1.20 bits per heavy atom. The number of esters is 1. The van der Waals surface area contributed by atoms with E-state index in [0.29, 0.717) is 18.4 Å². The molecule has 0 unspecified atom stereocenters. The van der Waals surface area contributed by atoms with Crippen LogP contribution >= 0.6 is 0 Å². The van der Waals surface area contributed by atoms with Gasteiger partial charge in [-0.1, -0.05) is 24.3 Å². The van der Waals surface area contributed by atoms with Gasteiger partial charge < -0.3 is 10.1 Å². The highest BCUT2D eigenvalue weighted by Gasteiger charge is 2.52. The van der Waals surface area contributed by atoms with Crippen molar-refractivity contribution in [2.45, 2.75) is 51.3 Å². The molecule has 6 heteroatoms. The number of hydrogen-bond donors (Lipinski definition) is 1. The standard InChI is InChI=1S/C19H22N2O4/c1-19(2,3)25-18(24)14-11-7-10-13-15(17(23)21(13)14)20-16(22)12-8-5-4-6-9-12/h4-6,8-9,11,13,15H,7,10H2,1-3H3,(H,20,22)/t13-,15+/m0/s1. The average molecular weight is 342 g/mol. The lowest BCUT2D eigenvalue weighted by Crippen LogP contribution is -2.71. The van der Waals surface area contributed by atoms with Crippen molar-refractivity contribution >= 4 is 17.8 Å². The van der Waals surface area contributed by atoms with Gasteiger partial charge in [0.1, 0.15) is 17.3 Å². The summed E-state index contributed by atoms with van der Waals surface area (Å²) in [6.07, 6.45) is 3.11. The lowest BCUT2D eigenvalue weighted by Gasteiger charge is -2.49. The quantitative estimate of drug-likeness (QED) is 0.673. The minimum absolute atomic E-state index is 0.201. The van der Waals surface area contributed by atoms with Gasteiger partial charge in [0.05, 0.1) is 6.04 Å². The van der Waals surface area contributed by atoms with Gasteiger partial charge in [-0.25, -0.2) is 4.79 Å². The smallest absolute Gasteiger partial charge is 0.355 e. The van der Waals surface area contributed by atoms with E-state index in [1.807, 2.05) is 6.07 Å². The molecule has 2 atom stereocenters. The van der Waals surface area contributed by atoms with Crippen molar-refractivity contribution in [1.82, 2.24) is 10.2 Å². The Labute approximate surface area is 146 Å². The molecule has 1 N–H and O–H groups in total. The fourth-order valence-corrected chi connectivity index (χ4v) is 3.11. The zero-order chi connectivity index (χ0) is 18.2. The van der Waals surface area contributed by atoms with Crippen LogP contribution in [0.3, 0.4) is 0 Å². The topological polar surface area (TPSA) is 75.7 Å². The first kappa shape index (κ1) is 17.2. The molecule has 1 aromatic carbocycles. The number of carbonyl (C=O) groups is 3. The molecule has 1 saturated heterocycles. The molecule has 132 valence electrons. The predicted octanol–water partition coefficient (Wildman–Crippen LogP) is 2.02. The lowest BCUT2D eigenvalue weighted by molar-refractivity contribution is -0.161. The second-order valence-electron chi connectivity index (χ2n) is 7.26. The number of allylic oxidation sites excluding steroid dienone is 1. The van der Waals surface area contributed by atoms with Crippen LogP contribution in [-0.2, 0) is 14.3 Å². The minimum Gasteiger partial charge on any atom is -0.455 e. The maximum Gasteiger partial charge on any atom is 0.355 e. The Morgan fingerprint density at radius 3 is 2.52 bits per heavy atom. The maximum absolute atomic E-state index is 12.5. The number of nitrogens with zero attached hydrogens (tertiary/aromatic N) is 1. The number of nitrogens with one attached hydrogen (secondary N) is 1. The summed E-state index contributed by atoms with van der Waals surface area (Å²) in [7, 11) is 0. The minimum atomic E-state index is -0.625. The molecule has 1 aromatic rings. The molecular weight excluding hydrogens is 320 g/mol. The SMILES string of the molecule is CC(C)(C)OC(=O)C1=CCC[C@H]2[C@@H](NC(=O)c3ccccc3)C(=O)N12. The molecule has 0 radical (unpaired) electrons. The normalized spacial score (nSPS) is 22.4. The number of ether oxygens (including phenoxy) is 1. The van der Waals surface area contributed by atoms with Crippen LogP contribution < -0.4 is 5.32 Å². The van der Waals surface area contributed by atoms with E-state index in [0.717, 1.165) is 0 Å². The van der Waals surface area contributed by atoms with Crippen LogP contribution in [0.4, 0.5) is 0 Å². The summed E-state index contributed by atoms with van der Waals surface area (Å²) < 4.78 is 5.38. The third-order valence-corrected chi connectivity index (χ3v) is 4.21. The van der Waals surface area contributed by atoms with Crippen LogP contribution in [0.2, 0.25) is 0 Å². The second kappa shape index (κ2) is 6.35. The van der Waals surface area contributed by atoms with E-state index in [2.05, 4.69) is 5.32 Å². The van der Waals surface area contributed by atoms with Gasteiger partial charge in [0.25, 0.3) is 11.8 Å². The van der Waals surface area contributed by atoms with Gasteiger partial charge in [0, 0.05) is 5.56 Å². The Kier molecular flexibility index (Phi) is 4.37. The zero-order valence-electron chi connectivity index (χ0n) is 14.6. The molecule has 0 saturated carbocycles. The van der Waals surface area contributed by atoms with Crippen molar-refractivity contribution in [3.63, 3.8) is 0 Å². The molecule has 0 spiro atoms. The predicted molar refractivity (Wildman–Crippen MR) is 91.5 cm³/mol. The first-order valence-electron chi connectivity index (χ1n) is 8.40. The van der Waals surface area contributed by atoms with E-state index in [-0.39, 0.29) is 23.6 Å². The third kappa shape index (κ3) is 3.43. The first-order chi connectivity index (χ1) is 11.8. The lowest BCUT2D eigenvalue weighted by atomic mass is 9.86. The van der Waals surface area contributed by atoms with Gasteiger partial charge in [0.2, 0.25) is 0 Å². The molecule has 25 heavy (non-hydrogen) atoms. The molecule has 6 nitrogen and oxygen atoms in total. The van der Waals surface area contributed by atoms with Crippen molar-refractivity contribution < 1.29 is 19.1 Å². The number of β-lactam (4-membered cyclic amide) rings is 1. The van der Waals surface area contributed by atoms with E-state index < -0.39 is 17.6 Å².